The van der Waals surface area contributed by atoms with E-state index in [1.165, 1.54) is 10.5 Å². The number of nitrogens with one attached hydrogen (secondary N) is 2. The smallest absolute Gasteiger partial charge is 0.253 e. The van der Waals surface area contributed by atoms with E-state index in [2.05, 4.69) is 22.8 Å². The number of nitrogens with zero attached hydrogens (tertiary/aromatic N) is 1. The maximum absolute atomic E-state index is 12.3. The van der Waals surface area contributed by atoms with Crippen LogP contribution in [0.25, 0.3) is 0 Å². The van der Waals surface area contributed by atoms with E-state index in [0.29, 0.717) is 17.9 Å². The fourth-order valence-electron chi connectivity index (χ4n) is 2.98. The number of hydrogen-bond acceptors (Lipinski definition) is 4. The maximum Gasteiger partial charge on any atom is 0.253 e. The minimum absolute atomic E-state index is 0.111. The molecule has 2 N–H and O–H groups in total. The summed E-state index contributed by atoms with van der Waals surface area (Å²) in [6.07, 6.45) is 0.850. The van der Waals surface area contributed by atoms with Gasteiger partial charge in [-0.3, -0.25) is 9.59 Å². The molecule has 0 aliphatic heterocycles. The Bertz CT molecular complexity index is 1000. The highest BCUT2D eigenvalue weighted by atomic mass is 16.5. The van der Waals surface area contributed by atoms with E-state index in [9.17, 15) is 9.59 Å². The van der Waals surface area contributed by atoms with E-state index < -0.39 is 0 Å². The van der Waals surface area contributed by atoms with Crippen molar-refractivity contribution < 1.29 is 14.3 Å². The Hall–Kier alpha value is -3.80. The summed E-state index contributed by atoms with van der Waals surface area (Å²) >= 11 is 0. The van der Waals surface area contributed by atoms with Crippen LogP contribution in [0.15, 0.2) is 78.9 Å². The quantitative estimate of drug-likeness (QED) is 0.551. The summed E-state index contributed by atoms with van der Waals surface area (Å²) in [5.41, 5.74) is 3.17. The van der Waals surface area contributed by atoms with Gasteiger partial charge in [-0.15, -0.1) is 0 Å². The first kappa shape index (κ1) is 21.9. The second-order valence-electron chi connectivity index (χ2n) is 7.29. The summed E-state index contributed by atoms with van der Waals surface area (Å²) in [5, 5.41) is 5.89. The monoisotopic (exact) mass is 417 g/mol. The van der Waals surface area contributed by atoms with Crippen LogP contribution in [0.1, 0.15) is 15.9 Å². The lowest BCUT2D eigenvalue weighted by molar-refractivity contribution is -0.114. The van der Waals surface area contributed by atoms with Crippen LogP contribution in [0, 0.1) is 0 Å². The molecule has 0 bridgehead atoms. The molecule has 3 aromatic rings. The van der Waals surface area contributed by atoms with E-state index in [-0.39, 0.29) is 18.4 Å². The van der Waals surface area contributed by atoms with Gasteiger partial charge in [0.05, 0.1) is 13.2 Å². The van der Waals surface area contributed by atoms with Crippen molar-refractivity contribution in [1.82, 2.24) is 4.90 Å². The molecule has 3 rings (SSSR count). The largest absolute Gasteiger partial charge is 0.493 e. The van der Waals surface area contributed by atoms with E-state index in [4.69, 9.17) is 4.74 Å². The third kappa shape index (κ3) is 6.89. The normalized spacial score (nSPS) is 10.3. The topological polar surface area (TPSA) is 70.7 Å². The van der Waals surface area contributed by atoms with Gasteiger partial charge in [-0.2, -0.15) is 0 Å². The zero-order valence-electron chi connectivity index (χ0n) is 17.8. The molecule has 2 amide bonds. The molecule has 0 aromatic heterocycles. The Labute approximate surface area is 182 Å². The van der Waals surface area contributed by atoms with Gasteiger partial charge in [-0.1, -0.05) is 36.4 Å². The second-order valence-corrected chi connectivity index (χ2v) is 7.29. The van der Waals surface area contributed by atoms with Crippen molar-refractivity contribution in [1.29, 1.82) is 0 Å². The van der Waals surface area contributed by atoms with E-state index in [1.807, 2.05) is 42.5 Å². The standard InChI is InChI=1S/C25H27N3O3/c1-28(2)25(30)20-9-6-10-22(17-20)27-24(29)18-26-21-11-13-23(14-12-21)31-16-15-19-7-4-3-5-8-19/h3-14,17,26H,15-16,18H2,1-2H3,(H,27,29). The molecule has 3 aromatic carbocycles. The number of ether oxygens (including phenoxy) is 1. The molecular formula is C25H27N3O3. The third-order valence-corrected chi connectivity index (χ3v) is 4.61. The van der Waals surface area contributed by atoms with Crippen LogP contribution in [-0.2, 0) is 11.2 Å². The third-order valence-electron chi connectivity index (χ3n) is 4.61. The van der Waals surface area contributed by atoms with E-state index in [1.54, 1.807) is 38.4 Å². The minimum Gasteiger partial charge on any atom is -0.493 e. The SMILES string of the molecule is CN(C)C(=O)c1cccc(NC(=O)CNc2ccc(OCCc3ccccc3)cc2)c1. The molecule has 0 spiro atoms. The van der Waals surface area contributed by atoms with Crippen LogP contribution in [0.3, 0.4) is 0 Å². The van der Waals surface area contributed by atoms with Crippen molar-refractivity contribution in [3.8, 4) is 5.75 Å². The second kappa shape index (κ2) is 10.8. The highest BCUT2D eigenvalue weighted by molar-refractivity contribution is 5.97. The average Bonchev–Trinajstić information content (AvgIpc) is 2.79. The number of carbonyl (C=O) groups is 2. The molecular weight excluding hydrogens is 390 g/mol. The molecule has 0 heterocycles. The Morgan fingerprint density at radius 2 is 1.61 bits per heavy atom. The number of amides is 2. The van der Waals surface area contributed by atoms with Gasteiger partial charge >= 0.3 is 0 Å². The zero-order chi connectivity index (χ0) is 22.1. The molecule has 160 valence electrons. The fourth-order valence-corrected chi connectivity index (χ4v) is 2.98. The zero-order valence-corrected chi connectivity index (χ0v) is 17.8. The number of rotatable bonds is 9. The lowest BCUT2D eigenvalue weighted by Gasteiger charge is -2.12. The summed E-state index contributed by atoms with van der Waals surface area (Å²) in [5.74, 6) is 0.478. The highest BCUT2D eigenvalue weighted by Gasteiger charge is 2.09. The van der Waals surface area contributed by atoms with Gasteiger partial charge in [0.25, 0.3) is 5.91 Å². The summed E-state index contributed by atoms with van der Waals surface area (Å²) in [4.78, 5) is 25.8. The van der Waals surface area contributed by atoms with Crippen LogP contribution in [-0.4, -0.2) is 44.0 Å². The van der Waals surface area contributed by atoms with E-state index in [0.717, 1.165) is 17.9 Å². The molecule has 0 atom stereocenters. The van der Waals surface area contributed by atoms with E-state index >= 15 is 0 Å². The van der Waals surface area contributed by atoms with Gasteiger partial charge in [0, 0.05) is 37.5 Å². The predicted molar refractivity (Wildman–Crippen MR) is 124 cm³/mol. The van der Waals surface area contributed by atoms with Crippen LogP contribution in [0.2, 0.25) is 0 Å². The number of benzene rings is 3. The van der Waals surface area contributed by atoms with Crippen LogP contribution < -0.4 is 15.4 Å². The van der Waals surface area contributed by atoms with Crippen LogP contribution in [0.4, 0.5) is 11.4 Å². The highest BCUT2D eigenvalue weighted by Crippen LogP contribution is 2.16. The Balaban J connectivity index is 1.44. The molecule has 0 radical (unpaired) electrons. The summed E-state index contributed by atoms with van der Waals surface area (Å²) in [6.45, 7) is 0.717. The van der Waals surface area contributed by atoms with Crippen molar-refractivity contribution in [2.45, 2.75) is 6.42 Å². The predicted octanol–water partition coefficient (Wildman–Crippen LogP) is 4.06. The van der Waals surface area contributed by atoms with Crippen molar-refractivity contribution in [3.05, 3.63) is 90.0 Å². The Kier molecular flexibility index (Phi) is 7.65. The first-order valence-electron chi connectivity index (χ1n) is 10.1. The van der Waals surface area contributed by atoms with Crippen LogP contribution in [0.5, 0.6) is 5.75 Å². The summed E-state index contributed by atoms with van der Waals surface area (Å²) in [7, 11) is 3.38. The average molecular weight is 418 g/mol. The van der Waals surface area contributed by atoms with Gasteiger partial charge in [-0.05, 0) is 48.0 Å². The molecule has 0 saturated heterocycles. The minimum atomic E-state index is -0.197. The van der Waals surface area contributed by atoms with Gasteiger partial charge in [-0.25, -0.2) is 0 Å². The van der Waals surface area contributed by atoms with Gasteiger partial charge in [0.1, 0.15) is 5.75 Å². The molecule has 0 aliphatic carbocycles. The van der Waals surface area contributed by atoms with Crippen molar-refractivity contribution in [3.63, 3.8) is 0 Å². The Morgan fingerprint density at radius 1 is 0.871 bits per heavy atom. The Morgan fingerprint density at radius 3 is 2.32 bits per heavy atom. The molecule has 31 heavy (non-hydrogen) atoms. The number of anilines is 2. The number of carbonyl (C=O) groups excluding carboxylic acids is 2. The first-order chi connectivity index (χ1) is 15.0. The first-order valence-corrected chi connectivity index (χ1v) is 10.1. The molecule has 0 fully saturated rings. The van der Waals surface area contributed by atoms with Gasteiger partial charge in [0.15, 0.2) is 0 Å². The van der Waals surface area contributed by atoms with Crippen LogP contribution >= 0.6 is 0 Å². The number of hydrogen-bond donors (Lipinski definition) is 2. The molecule has 0 aliphatic rings. The molecule has 0 unspecified atom stereocenters. The maximum atomic E-state index is 12.3. The summed E-state index contributed by atoms with van der Waals surface area (Å²) < 4.78 is 5.78. The van der Waals surface area contributed by atoms with Crippen molar-refractivity contribution in [2.24, 2.45) is 0 Å². The lowest BCUT2D eigenvalue weighted by Crippen LogP contribution is -2.23. The molecule has 0 saturated carbocycles. The van der Waals surface area contributed by atoms with Crippen molar-refractivity contribution >= 4 is 23.2 Å². The molecule has 6 heteroatoms. The van der Waals surface area contributed by atoms with Crippen molar-refractivity contribution in [2.75, 3.05) is 37.9 Å². The van der Waals surface area contributed by atoms with Gasteiger partial charge < -0.3 is 20.3 Å². The summed E-state index contributed by atoms with van der Waals surface area (Å²) in [6, 6.07) is 24.6. The fraction of sp³-hybridized carbons (Fsp3) is 0.200. The van der Waals surface area contributed by atoms with Gasteiger partial charge in [0.2, 0.25) is 5.91 Å². The molecule has 6 nitrogen and oxygen atoms in total. The lowest BCUT2D eigenvalue weighted by atomic mass is 10.2.